The molecular weight excluding hydrogens is 222 g/mol. The summed E-state index contributed by atoms with van der Waals surface area (Å²) in [5.74, 6) is 1.28. The Kier molecular flexibility index (Phi) is 6.30. The lowest BCUT2D eigenvalue weighted by Crippen LogP contribution is -2.39. The summed E-state index contributed by atoms with van der Waals surface area (Å²) in [4.78, 5) is 6.93. The van der Waals surface area contributed by atoms with Crippen molar-refractivity contribution in [3.63, 3.8) is 0 Å². The lowest BCUT2D eigenvalue weighted by atomic mass is 10.1. The van der Waals surface area contributed by atoms with E-state index in [4.69, 9.17) is 5.73 Å². The fourth-order valence-electron chi connectivity index (χ4n) is 2.30. The molecule has 3 nitrogen and oxygen atoms in total. The molecule has 0 saturated heterocycles. The standard InChI is InChI=1S/C15H27N3/c1-12(2)10-18(11-13(3)4)15(9-16)14-7-5-6-8-17-14/h5-8,12-13,15H,9-11,16H2,1-4H3. The first kappa shape index (κ1) is 15.1. The lowest BCUT2D eigenvalue weighted by molar-refractivity contribution is 0.157. The van der Waals surface area contributed by atoms with Crippen LogP contribution in [0.25, 0.3) is 0 Å². The number of hydrogen-bond donors (Lipinski definition) is 1. The molecule has 0 bridgehead atoms. The van der Waals surface area contributed by atoms with Gasteiger partial charge in [-0.2, -0.15) is 0 Å². The topological polar surface area (TPSA) is 42.1 Å². The maximum absolute atomic E-state index is 5.98. The second-order valence-corrected chi connectivity index (χ2v) is 5.75. The van der Waals surface area contributed by atoms with Crippen molar-refractivity contribution >= 4 is 0 Å². The molecule has 1 heterocycles. The molecule has 1 atom stereocenters. The average molecular weight is 249 g/mol. The van der Waals surface area contributed by atoms with Crippen molar-refractivity contribution in [1.82, 2.24) is 9.88 Å². The number of pyridine rings is 1. The van der Waals surface area contributed by atoms with Gasteiger partial charge in [-0.25, -0.2) is 0 Å². The van der Waals surface area contributed by atoms with Crippen LogP contribution in [0.5, 0.6) is 0 Å². The molecule has 0 saturated carbocycles. The summed E-state index contributed by atoms with van der Waals surface area (Å²) in [5, 5.41) is 0. The zero-order valence-electron chi connectivity index (χ0n) is 12.1. The number of aromatic nitrogens is 1. The summed E-state index contributed by atoms with van der Waals surface area (Å²) in [6.07, 6.45) is 1.85. The van der Waals surface area contributed by atoms with E-state index >= 15 is 0 Å². The Bertz CT molecular complexity index is 312. The van der Waals surface area contributed by atoms with E-state index in [0.29, 0.717) is 18.4 Å². The smallest absolute Gasteiger partial charge is 0.0644 e. The van der Waals surface area contributed by atoms with Gasteiger partial charge in [0.1, 0.15) is 0 Å². The molecule has 0 aromatic carbocycles. The van der Waals surface area contributed by atoms with Crippen molar-refractivity contribution in [1.29, 1.82) is 0 Å². The third-order valence-electron chi connectivity index (χ3n) is 2.89. The minimum atomic E-state index is 0.232. The SMILES string of the molecule is CC(C)CN(CC(C)C)C(CN)c1ccccn1. The molecule has 0 spiro atoms. The predicted molar refractivity (Wildman–Crippen MR) is 77.3 cm³/mol. The molecule has 1 unspecified atom stereocenters. The van der Waals surface area contributed by atoms with E-state index < -0.39 is 0 Å². The van der Waals surface area contributed by atoms with E-state index in [9.17, 15) is 0 Å². The average Bonchev–Trinajstić information content (AvgIpc) is 2.29. The molecule has 0 aliphatic carbocycles. The van der Waals surface area contributed by atoms with E-state index in [-0.39, 0.29) is 6.04 Å². The Morgan fingerprint density at radius 2 is 1.72 bits per heavy atom. The first-order valence-corrected chi connectivity index (χ1v) is 6.89. The van der Waals surface area contributed by atoms with Crippen LogP contribution in [0.3, 0.4) is 0 Å². The fourth-order valence-corrected chi connectivity index (χ4v) is 2.30. The van der Waals surface area contributed by atoms with E-state index in [2.05, 4.69) is 43.6 Å². The number of rotatable bonds is 7. The van der Waals surface area contributed by atoms with Gasteiger partial charge in [-0.1, -0.05) is 33.8 Å². The Morgan fingerprint density at radius 3 is 2.11 bits per heavy atom. The van der Waals surface area contributed by atoms with E-state index in [1.165, 1.54) is 0 Å². The Hall–Kier alpha value is -0.930. The quantitative estimate of drug-likeness (QED) is 0.808. The summed E-state index contributed by atoms with van der Waals surface area (Å²) in [6, 6.07) is 6.29. The van der Waals surface area contributed by atoms with Crippen LogP contribution in [0.4, 0.5) is 0 Å². The second-order valence-electron chi connectivity index (χ2n) is 5.75. The van der Waals surface area contributed by atoms with Crippen molar-refractivity contribution in [2.24, 2.45) is 17.6 Å². The summed E-state index contributed by atoms with van der Waals surface area (Å²) in [7, 11) is 0. The van der Waals surface area contributed by atoms with Crippen LogP contribution in [0.1, 0.15) is 39.4 Å². The molecule has 1 aromatic heterocycles. The summed E-state index contributed by atoms with van der Waals surface area (Å²) in [6.45, 7) is 11.8. The van der Waals surface area contributed by atoms with Crippen LogP contribution >= 0.6 is 0 Å². The Balaban J connectivity index is 2.86. The van der Waals surface area contributed by atoms with Crippen molar-refractivity contribution in [3.8, 4) is 0 Å². The highest BCUT2D eigenvalue weighted by Crippen LogP contribution is 2.20. The van der Waals surface area contributed by atoms with Gasteiger partial charge in [0.15, 0.2) is 0 Å². The highest BCUT2D eigenvalue weighted by molar-refractivity contribution is 5.09. The molecular formula is C15H27N3. The minimum Gasteiger partial charge on any atom is -0.329 e. The molecule has 3 heteroatoms. The van der Waals surface area contributed by atoms with Crippen LogP contribution in [-0.4, -0.2) is 29.5 Å². The van der Waals surface area contributed by atoms with Gasteiger partial charge in [0.05, 0.1) is 11.7 Å². The summed E-state index contributed by atoms with van der Waals surface area (Å²) < 4.78 is 0. The highest BCUT2D eigenvalue weighted by Gasteiger charge is 2.21. The van der Waals surface area contributed by atoms with Crippen molar-refractivity contribution < 1.29 is 0 Å². The van der Waals surface area contributed by atoms with Gasteiger partial charge in [-0.05, 0) is 24.0 Å². The molecule has 1 rings (SSSR count). The summed E-state index contributed by atoms with van der Waals surface area (Å²) in [5.41, 5.74) is 7.06. The third kappa shape index (κ3) is 4.75. The van der Waals surface area contributed by atoms with Gasteiger partial charge in [0.25, 0.3) is 0 Å². The fraction of sp³-hybridized carbons (Fsp3) is 0.667. The molecule has 18 heavy (non-hydrogen) atoms. The van der Waals surface area contributed by atoms with Crippen molar-refractivity contribution in [3.05, 3.63) is 30.1 Å². The van der Waals surface area contributed by atoms with E-state index in [0.717, 1.165) is 18.8 Å². The van der Waals surface area contributed by atoms with Crippen LogP contribution in [-0.2, 0) is 0 Å². The molecule has 0 amide bonds. The third-order valence-corrected chi connectivity index (χ3v) is 2.89. The number of hydrogen-bond acceptors (Lipinski definition) is 3. The van der Waals surface area contributed by atoms with Crippen LogP contribution in [0, 0.1) is 11.8 Å². The van der Waals surface area contributed by atoms with Gasteiger partial charge in [0.2, 0.25) is 0 Å². The molecule has 1 aromatic rings. The van der Waals surface area contributed by atoms with Gasteiger partial charge >= 0.3 is 0 Å². The molecule has 2 N–H and O–H groups in total. The molecule has 0 aliphatic heterocycles. The molecule has 0 radical (unpaired) electrons. The second kappa shape index (κ2) is 7.49. The molecule has 0 fully saturated rings. The zero-order chi connectivity index (χ0) is 13.5. The summed E-state index contributed by atoms with van der Waals surface area (Å²) >= 11 is 0. The Morgan fingerprint density at radius 1 is 1.11 bits per heavy atom. The first-order valence-electron chi connectivity index (χ1n) is 6.89. The number of nitrogens with zero attached hydrogens (tertiary/aromatic N) is 2. The minimum absolute atomic E-state index is 0.232. The normalized spacial score (nSPS) is 13.6. The number of nitrogens with two attached hydrogens (primary N) is 1. The maximum Gasteiger partial charge on any atom is 0.0644 e. The van der Waals surface area contributed by atoms with Crippen molar-refractivity contribution in [2.45, 2.75) is 33.7 Å². The van der Waals surface area contributed by atoms with Gasteiger partial charge < -0.3 is 5.73 Å². The van der Waals surface area contributed by atoms with Crippen LogP contribution in [0.2, 0.25) is 0 Å². The van der Waals surface area contributed by atoms with E-state index in [1.807, 2.05) is 18.3 Å². The molecule has 102 valence electrons. The monoisotopic (exact) mass is 249 g/mol. The maximum atomic E-state index is 5.98. The Labute approximate surface area is 111 Å². The largest absolute Gasteiger partial charge is 0.329 e. The molecule has 0 aliphatic rings. The predicted octanol–water partition coefficient (Wildman–Crippen LogP) is 2.70. The van der Waals surface area contributed by atoms with Crippen molar-refractivity contribution in [2.75, 3.05) is 19.6 Å². The van der Waals surface area contributed by atoms with E-state index in [1.54, 1.807) is 0 Å². The van der Waals surface area contributed by atoms with Gasteiger partial charge in [-0.3, -0.25) is 9.88 Å². The lowest BCUT2D eigenvalue weighted by Gasteiger charge is -2.33. The highest BCUT2D eigenvalue weighted by atomic mass is 15.2. The van der Waals surface area contributed by atoms with Crippen LogP contribution < -0.4 is 5.73 Å². The van der Waals surface area contributed by atoms with Gasteiger partial charge in [0, 0.05) is 25.8 Å². The van der Waals surface area contributed by atoms with Gasteiger partial charge in [-0.15, -0.1) is 0 Å². The zero-order valence-corrected chi connectivity index (χ0v) is 12.1. The first-order chi connectivity index (χ1) is 8.54. The van der Waals surface area contributed by atoms with Crippen LogP contribution in [0.15, 0.2) is 24.4 Å².